The maximum absolute atomic E-state index is 12.2. The van der Waals surface area contributed by atoms with Crippen molar-refractivity contribution in [3.8, 4) is 5.75 Å². The molecule has 9 heteroatoms. The molecule has 1 aromatic carbocycles. The van der Waals surface area contributed by atoms with Crippen molar-refractivity contribution in [3.63, 3.8) is 0 Å². The number of carbonyl (C=O) groups is 2. The molecule has 126 valence electrons. The van der Waals surface area contributed by atoms with Gasteiger partial charge in [-0.25, -0.2) is 4.98 Å². The Balaban J connectivity index is 1.68. The zero-order valence-corrected chi connectivity index (χ0v) is 13.1. The average Bonchev–Trinajstić information content (AvgIpc) is 3.11. The molecule has 0 aliphatic heterocycles. The highest BCUT2D eigenvalue weighted by Gasteiger charge is 2.16. The quantitative estimate of drug-likeness (QED) is 0.729. The van der Waals surface area contributed by atoms with Gasteiger partial charge >= 0.3 is 6.01 Å². The van der Waals surface area contributed by atoms with Crippen LogP contribution in [0.25, 0.3) is 0 Å². The van der Waals surface area contributed by atoms with Crippen molar-refractivity contribution >= 4 is 23.5 Å². The summed E-state index contributed by atoms with van der Waals surface area (Å²) in [6.45, 7) is 0. The van der Waals surface area contributed by atoms with Crippen LogP contribution in [-0.2, 0) is 0 Å². The van der Waals surface area contributed by atoms with E-state index < -0.39 is 11.8 Å². The fraction of sp³-hybridized carbons (Fsp3) is 0.0625. The zero-order chi connectivity index (χ0) is 17.6. The van der Waals surface area contributed by atoms with E-state index in [1.165, 1.54) is 25.7 Å². The van der Waals surface area contributed by atoms with Gasteiger partial charge in [-0.05, 0) is 12.1 Å². The Morgan fingerprint density at radius 3 is 2.64 bits per heavy atom. The van der Waals surface area contributed by atoms with E-state index in [4.69, 9.17) is 9.15 Å². The molecule has 0 aliphatic carbocycles. The number of amides is 2. The number of rotatable bonds is 5. The zero-order valence-electron chi connectivity index (χ0n) is 13.1. The molecule has 2 amide bonds. The van der Waals surface area contributed by atoms with E-state index in [2.05, 4.69) is 25.6 Å². The molecule has 0 spiro atoms. The van der Waals surface area contributed by atoms with Crippen molar-refractivity contribution in [1.82, 2.24) is 15.0 Å². The van der Waals surface area contributed by atoms with Gasteiger partial charge in [0.05, 0.1) is 19.0 Å². The van der Waals surface area contributed by atoms with E-state index in [9.17, 15) is 9.59 Å². The SMILES string of the molecule is COc1ccccc1NC(=O)c1coc(NC(=O)c2cnccn2)n1. The third kappa shape index (κ3) is 3.78. The molecule has 3 aromatic rings. The molecule has 2 N–H and O–H groups in total. The molecule has 0 atom stereocenters. The smallest absolute Gasteiger partial charge is 0.302 e. The number of nitrogens with one attached hydrogen (secondary N) is 2. The predicted octanol–water partition coefficient (Wildman–Crippen LogP) is 1.98. The van der Waals surface area contributed by atoms with Crippen molar-refractivity contribution in [2.75, 3.05) is 17.7 Å². The van der Waals surface area contributed by atoms with Crippen LogP contribution >= 0.6 is 0 Å². The summed E-state index contributed by atoms with van der Waals surface area (Å²) in [4.78, 5) is 35.7. The molecule has 2 heterocycles. The Kier molecular flexibility index (Phi) is 4.65. The molecule has 25 heavy (non-hydrogen) atoms. The first-order valence-corrected chi connectivity index (χ1v) is 7.14. The summed E-state index contributed by atoms with van der Waals surface area (Å²) in [6.07, 6.45) is 5.27. The van der Waals surface area contributed by atoms with Crippen LogP contribution in [0.2, 0.25) is 0 Å². The van der Waals surface area contributed by atoms with Crippen molar-refractivity contribution in [2.45, 2.75) is 0 Å². The minimum atomic E-state index is -0.549. The standard InChI is InChI=1S/C16H13N5O4/c1-24-13-5-3-2-4-10(13)19-15(23)12-9-25-16(20-12)21-14(22)11-8-17-6-7-18-11/h2-9H,1H3,(H,19,23)(H,20,21,22). The predicted molar refractivity (Wildman–Crippen MR) is 87.4 cm³/mol. The second kappa shape index (κ2) is 7.21. The number of nitrogens with zero attached hydrogens (tertiary/aromatic N) is 3. The Morgan fingerprint density at radius 1 is 1.08 bits per heavy atom. The summed E-state index contributed by atoms with van der Waals surface area (Å²) in [5, 5.41) is 5.05. The highest BCUT2D eigenvalue weighted by Crippen LogP contribution is 2.23. The third-order valence-electron chi connectivity index (χ3n) is 3.11. The van der Waals surface area contributed by atoms with Crippen molar-refractivity contribution in [3.05, 3.63) is 60.5 Å². The first kappa shape index (κ1) is 16.1. The minimum Gasteiger partial charge on any atom is -0.495 e. The van der Waals surface area contributed by atoms with E-state index >= 15 is 0 Å². The summed E-state index contributed by atoms with van der Waals surface area (Å²) < 4.78 is 10.2. The number of carbonyl (C=O) groups excluding carboxylic acids is 2. The Morgan fingerprint density at radius 2 is 1.88 bits per heavy atom. The molecule has 9 nitrogen and oxygen atoms in total. The second-order valence-electron chi connectivity index (χ2n) is 4.74. The molecule has 0 fully saturated rings. The molecular weight excluding hydrogens is 326 g/mol. The number of para-hydroxylation sites is 2. The molecule has 0 saturated carbocycles. The number of methoxy groups -OCH3 is 1. The first-order valence-electron chi connectivity index (χ1n) is 7.14. The van der Waals surface area contributed by atoms with Gasteiger partial charge in [-0.2, -0.15) is 4.98 Å². The molecular formula is C16H13N5O4. The van der Waals surface area contributed by atoms with Gasteiger partial charge in [-0.15, -0.1) is 0 Å². The number of hydrogen-bond acceptors (Lipinski definition) is 7. The Hall–Kier alpha value is -3.75. The lowest BCUT2D eigenvalue weighted by molar-refractivity contribution is 0.101. The monoisotopic (exact) mass is 339 g/mol. The fourth-order valence-corrected chi connectivity index (χ4v) is 1.95. The van der Waals surface area contributed by atoms with E-state index in [1.54, 1.807) is 24.3 Å². The molecule has 0 saturated heterocycles. The van der Waals surface area contributed by atoms with Crippen LogP contribution in [-0.4, -0.2) is 33.9 Å². The Labute approximate surface area is 142 Å². The van der Waals surface area contributed by atoms with E-state index in [0.717, 1.165) is 6.26 Å². The van der Waals surface area contributed by atoms with Crippen LogP contribution in [0.5, 0.6) is 5.75 Å². The maximum Gasteiger partial charge on any atom is 0.302 e. The molecule has 0 aliphatic rings. The van der Waals surface area contributed by atoms with Crippen LogP contribution < -0.4 is 15.4 Å². The minimum absolute atomic E-state index is 0.000326. The van der Waals surface area contributed by atoms with Gasteiger partial charge < -0.3 is 14.5 Å². The topological polar surface area (TPSA) is 119 Å². The summed E-state index contributed by atoms with van der Waals surface area (Å²) in [5.41, 5.74) is 0.587. The third-order valence-corrected chi connectivity index (χ3v) is 3.11. The fourth-order valence-electron chi connectivity index (χ4n) is 1.95. The largest absolute Gasteiger partial charge is 0.495 e. The lowest BCUT2D eigenvalue weighted by Gasteiger charge is -2.08. The van der Waals surface area contributed by atoms with Crippen LogP contribution in [0.1, 0.15) is 21.0 Å². The van der Waals surface area contributed by atoms with Crippen LogP contribution in [0.4, 0.5) is 11.7 Å². The molecule has 0 bridgehead atoms. The number of hydrogen-bond donors (Lipinski definition) is 2. The van der Waals surface area contributed by atoms with Crippen molar-refractivity contribution < 1.29 is 18.7 Å². The normalized spacial score (nSPS) is 10.1. The number of oxazole rings is 1. The van der Waals surface area contributed by atoms with E-state index in [-0.39, 0.29) is 17.4 Å². The van der Waals surface area contributed by atoms with Gasteiger partial charge in [0.1, 0.15) is 17.7 Å². The molecule has 3 rings (SSSR count). The lowest BCUT2D eigenvalue weighted by Crippen LogP contribution is -2.15. The summed E-state index contributed by atoms with van der Waals surface area (Å²) in [7, 11) is 1.50. The molecule has 0 unspecified atom stereocenters. The maximum atomic E-state index is 12.2. The van der Waals surface area contributed by atoms with Gasteiger partial charge in [0.2, 0.25) is 0 Å². The highest BCUT2D eigenvalue weighted by atomic mass is 16.5. The van der Waals surface area contributed by atoms with Gasteiger partial charge in [0.15, 0.2) is 5.69 Å². The van der Waals surface area contributed by atoms with Gasteiger partial charge in [-0.1, -0.05) is 12.1 Å². The number of aromatic nitrogens is 3. The molecule has 2 aromatic heterocycles. The second-order valence-corrected chi connectivity index (χ2v) is 4.74. The van der Waals surface area contributed by atoms with E-state index in [1.807, 2.05) is 0 Å². The number of benzene rings is 1. The molecule has 0 radical (unpaired) electrons. The summed E-state index contributed by atoms with van der Waals surface area (Å²) >= 11 is 0. The van der Waals surface area contributed by atoms with E-state index in [0.29, 0.717) is 11.4 Å². The van der Waals surface area contributed by atoms with Crippen LogP contribution in [0, 0.1) is 0 Å². The van der Waals surface area contributed by atoms with Crippen molar-refractivity contribution in [1.29, 1.82) is 0 Å². The number of ether oxygens (including phenoxy) is 1. The average molecular weight is 339 g/mol. The van der Waals surface area contributed by atoms with Gasteiger partial charge in [0, 0.05) is 12.4 Å². The van der Waals surface area contributed by atoms with Gasteiger partial charge in [0.25, 0.3) is 11.8 Å². The highest BCUT2D eigenvalue weighted by molar-refractivity contribution is 6.04. The lowest BCUT2D eigenvalue weighted by atomic mass is 10.3. The summed E-state index contributed by atoms with van der Waals surface area (Å²) in [6, 6.07) is 6.82. The first-order chi connectivity index (χ1) is 12.2. The Bertz CT molecular complexity index is 894. The van der Waals surface area contributed by atoms with Crippen LogP contribution in [0.15, 0.2) is 53.5 Å². The van der Waals surface area contributed by atoms with Crippen molar-refractivity contribution in [2.24, 2.45) is 0 Å². The number of anilines is 2. The summed E-state index contributed by atoms with van der Waals surface area (Å²) in [5.74, 6) is -0.546. The van der Waals surface area contributed by atoms with Crippen LogP contribution in [0.3, 0.4) is 0 Å². The van der Waals surface area contributed by atoms with Gasteiger partial charge in [-0.3, -0.25) is 19.9 Å².